The van der Waals surface area contributed by atoms with Crippen molar-refractivity contribution in [3.05, 3.63) is 59.3 Å². The van der Waals surface area contributed by atoms with Gasteiger partial charge in [-0.2, -0.15) is 5.26 Å². The predicted octanol–water partition coefficient (Wildman–Crippen LogP) is 3.84. The molecule has 0 aromatic heterocycles. The molecule has 0 saturated carbocycles. The largest absolute Gasteiger partial charge is 0.493 e. The lowest BCUT2D eigenvalue weighted by molar-refractivity contribution is -0.120. The highest BCUT2D eigenvalue weighted by atomic mass is 16.5. The third-order valence-electron chi connectivity index (χ3n) is 6.17. The van der Waals surface area contributed by atoms with Crippen LogP contribution in [0.2, 0.25) is 0 Å². The van der Waals surface area contributed by atoms with E-state index in [2.05, 4.69) is 24.8 Å². The number of benzene rings is 2. The summed E-state index contributed by atoms with van der Waals surface area (Å²) in [5, 5.41) is 9.11. The number of ether oxygens (including phenoxy) is 2. The Labute approximate surface area is 193 Å². The number of hydrogen-bond donors (Lipinski definition) is 0. The van der Waals surface area contributed by atoms with Gasteiger partial charge in [-0.25, -0.2) is 4.90 Å². The first-order chi connectivity index (χ1) is 15.9. The first-order valence-electron chi connectivity index (χ1n) is 11.0. The fourth-order valence-electron chi connectivity index (χ4n) is 4.83. The van der Waals surface area contributed by atoms with E-state index in [1.807, 2.05) is 0 Å². The molecule has 7 heteroatoms. The number of nitriles is 1. The third-order valence-corrected chi connectivity index (χ3v) is 6.17. The Kier molecular flexibility index (Phi) is 6.10. The van der Waals surface area contributed by atoms with Crippen LogP contribution in [-0.2, 0) is 9.59 Å². The molecule has 1 saturated heterocycles. The number of likely N-dealkylation sites (tertiary alicyclic amines) is 1. The quantitative estimate of drug-likeness (QED) is 0.651. The average molecular weight is 446 g/mol. The zero-order valence-corrected chi connectivity index (χ0v) is 19.3. The SMILES string of the molecule is COc1ccc(C2=C(N3CC(C)CC(C)C3)C(=O)N(c3ccc(C#N)cc3)C2=O)cc1OC. The van der Waals surface area contributed by atoms with Crippen LogP contribution in [0.25, 0.3) is 5.57 Å². The molecule has 33 heavy (non-hydrogen) atoms. The normalized spacial score (nSPS) is 20.8. The van der Waals surface area contributed by atoms with E-state index < -0.39 is 5.91 Å². The van der Waals surface area contributed by atoms with E-state index >= 15 is 0 Å². The minimum atomic E-state index is -0.391. The second-order valence-electron chi connectivity index (χ2n) is 8.75. The third kappa shape index (κ3) is 4.05. The number of hydrogen-bond acceptors (Lipinski definition) is 6. The van der Waals surface area contributed by atoms with Crippen LogP contribution in [0.5, 0.6) is 11.5 Å². The number of imide groups is 1. The van der Waals surface area contributed by atoms with Crippen LogP contribution in [0.1, 0.15) is 31.4 Å². The van der Waals surface area contributed by atoms with Gasteiger partial charge in [-0.15, -0.1) is 0 Å². The van der Waals surface area contributed by atoms with Gasteiger partial charge in [-0.1, -0.05) is 19.9 Å². The minimum absolute atomic E-state index is 0.351. The number of amides is 2. The maximum Gasteiger partial charge on any atom is 0.282 e. The summed E-state index contributed by atoms with van der Waals surface area (Å²) in [5.74, 6) is 1.09. The van der Waals surface area contributed by atoms with Crippen molar-refractivity contribution in [3.63, 3.8) is 0 Å². The summed E-state index contributed by atoms with van der Waals surface area (Å²) in [6, 6.07) is 13.8. The van der Waals surface area contributed by atoms with E-state index in [0.717, 1.165) is 6.42 Å². The molecule has 4 rings (SSSR count). The lowest BCUT2D eigenvalue weighted by atomic mass is 9.91. The first-order valence-corrected chi connectivity index (χ1v) is 11.0. The standard InChI is InChI=1S/C26H27N3O4/c1-16-11-17(2)15-28(14-16)24-23(19-7-10-21(32-3)22(12-19)33-4)25(30)29(26(24)31)20-8-5-18(13-27)6-9-20/h5-10,12,16-17H,11,14-15H2,1-4H3. The smallest absolute Gasteiger partial charge is 0.282 e. The topological polar surface area (TPSA) is 82.9 Å². The van der Waals surface area contributed by atoms with Gasteiger partial charge >= 0.3 is 0 Å². The number of rotatable bonds is 5. The molecule has 2 aliphatic heterocycles. The minimum Gasteiger partial charge on any atom is -0.493 e. The van der Waals surface area contributed by atoms with Gasteiger partial charge in [0.15, 0.2) is 11.5 Å². The zero-order chi connectivity index (χ0) is 23.7. The Hall–Kier alpha value is -3.79. The van der Waals surface area contributed by atoms with Crippen molar-refractivity contribution in [1.82, 2.24) is 4.90 Å². The molecule has 0 N–H and O–H groups in total. The Bertz CT molecular complexity index is 1150. The highest BCUT2D eigenvalue weighted by Crippen LogP contribution is 2.39. The molecule has 2 aromatic carbocycles. The average Bonchev–Trinajstić information content (AvgIpc) is 3.07. The summed E-state index contributed by atoms with van der Waals surface area (Å²) < 4.78 is 10.8. The van der Waals surface area contributed by atoms with Crippen LogP contribution in [-0.4, -0.2) is 44.0 Å². The molecule has 1 fully saturated rings. The molecule has 2 atom stereocenters. The van der Waals surface area contributed by atoms with Crippen LogP contribution < -0.4 is 14.4 Å². The Morgan fingerprint density at radius 1 is 0.909 bits per heavy atom. The molecule has 0 aliphatic carbocycles. The molecule has 2 heterocycles. The molecule has 7 nitrogen and oxygen atoms in total. The van der Waals surface area contributed by atoms with Gasteiger partial charge in [0.2, 0.25) is 0 Å². The lowest BCUT2D eigenvalue weighted by Crippen LogP contribution is -2.42. The molecule has 2 unspecified atom stereocenters. The summed E-state index contributed by atoms with van der Waals surface area (Å²) >= 11 is 0. The first kappa shape index (κ1) is 22.4. The van der Waals surface area contributed by atoms with Gasteiger partial charge < -0.3 is 14.4 Å². The van der Waals surface area contributed by atoms with Crippen molar-refractivity contribution < 1.29 is 19.1 Å². The van der Waals surface area contributed by atoms with Crippen LogP contribution >= 0.6 is 0 Å². The zero-order valence-electron chi connectivity index (χ0n) is 19.3. The summed E-state index contributed by atoms with van der Waals surface area (Å²) in [7, 11) is 3.09. The van der Waals surface area contributed by atoms with E-state index in [1.165, 1.54) is 12.0 Å². The van der Waals surface area contributed by atoms with Crippen LogP contribution in [0.4, 0.5) is 5.69 Å². The van der Waals surface area contributed by atoms with Crippen molar-refractivity contribution in [3.8, 4) is 17.6 Å². The molecule has 2 aliphatic rings. The van der Waals surface area contributed by atoms with Crippen molar-refractivity contribution >= 4 is 23.1 Å². The fraction of sp³-hybridized carbons (Fsp3) is 0.346. The number of carbonyl (C=O) groups is 2. The van der Waals surface area contributed by atoms with Gasteiger partial charge in [0, 0.05) is 13.1 Å². The molecule has 2 amide bonds. The molecule has 170 valence electrons. The van der Waals surface area contributed by atoms with Crippen LogP contribution in [0.15, 0.2) is 48.2 Å². The summed E-state index contributed by atoms with van der Waals surface area (Å²) in [5.41, 5.74) is 2.27. The number of piperidine rings is 1. The predicted molar refractivity (Wildman–Crippen MR) is 125 cm³/mol. The second kappa shape index (κ2) is 8.99. The lowest BCUT2D eigenvalue weighted by Gasteiger charge is -2.37. The highest BCUT2D eigenvalue weighted by molar-refractivity contribution is 6.45. The van der Waals surface area contributed by atoms with Crippen LogP contribution in [0.3, 0.4) is 0 Å². The fourth-order valence-corrected chi connectivity index (χ4v) is 4.83. The van der Waals surface area contributed by atoms with Gasteiger partial charge in [0.25, 0.3) is 11.8 Å². The summed E-state index contributed by atoms with van der Waals surface area (Å²) in [6.45, 7) is 5.74. The molecule has 2 aromatic rings. The van der Waals surface area contributed by atoms with Gasteiger partial charge in [-0.05, 0) is 60.2 Å². The number of nitrogens with zero attached hydrogens (tertiary/aromatic N) is 3. The maximum atomic E-state index is 13.7. The van der Waals surface area contributed by atoms with Crippen LogP contribution in [0, 0.1) is 23.2 Å². The Morgan fingerprint density at radius 2 is 1.55 bits per heavy atom. The van der Waals surface area contributed by atoms with Crippen molar-refractivity contribution in [2.75, 3.05) is 32.2 Å². The second-order valence-corrected chi connectivity index (χ2v) is 8.75. The molecule has 0 spiro atoms. The number of methoxy groups -OCH3 is 2. The number of carbonyl (C=O) groups excluding carboxylic acids is 2. The van der Waals surface area contributed by atoms with E-state index in [4.69, 9.17) is 14.7 Å². The maximum absolute atomic E-state index is 13.7. The van der Waals surface area contributed by atoms with Gasteiger partial charge in [0.1, 0.15) is 5.70 Å². The molecular weight excluding hydrogens is 418 g/mol. The molecule has 0 radical (unpaired) electrons. The van der Waals surface area contributed by atoms with Gasteiger partial charge in [0.05, 0.1) is 37.1 Å². The van der Waals surface area contributed by atoms with E-state index in [-0.39, 0.29) is 5.91 Å². The monoisotopic (exact) mass is 445 g/mol. The Balaban J connectivity index is 1.85. The highest BCUT2D eigenvalue weighted by Gasteiger charge is 2.43. The molecular formula is C26H27N3O4. The summed E-state index contributed by atoms with van der Waals surface area (Å²) in [4.78, 5) is 30.7. The van der Waals surface area contributed by atoms with E-state index in [9.17, 15) is 9.59 Å². The van der Waals surface area contributed by atoms with E-state index in [1.54, 1.807) is 49.6 Å². The van der Waals surface area contributed by atoms with Crippen molar-refractivity contribution in [1.29, 1.82) is 5.26 Å². The van der Waals surface area contributed by atoms with E-state index in [0.29, 0.717) is 64.5 Å². The Morgan fingerprint density at radius 3 is 2.12 bits per heavy atom. The summed E-state index contributed by atoms with van der Waals surface area (Å²) in [6.07, 6.45) is 1.08. The van der Waals surface area contributed by atoms with Gasteiger partial charge in [-0.3, -0.25) is 9.59 Å². The van der Waals surface area contributed by atoms with Crippen molar-refractivity contribution in [2.45, 2.75) is 20.3 Å². The number of anilines is 1. The van der Waals surface area contributed by atoms with Crippen molar-refractivity contribution in [2.24, 2.45) is 11.8 Å². The molecule has 0 bridgehead atoms.